The van der Waals surface area contributed by atoms with Crippen LogP contribution in [0.3, 0.4) is 0 Å². The van der Waals surface area contributed by atoms with E-state index in [2.05, 4.69) is 0 Å². The number of aromatic nitrogens is 2. The fourth-order valence-corrected chi connectivity index (χ4v) is 4.90. The Morgan fingerprint density at radius 1 is 1.17 bits per heavy atom. The van der Waals surface area contributed by atoms with E-state index in [9.17, 15) is 9.59 Å². The summed E-state index contributed by atoms with van der Waals surface area (Å²) in [6.07, 6.45) is 4.38. The number of carboxylic acid groups (broad SMARTS) is 1. The molecule has 6 nitrogen and oxygen atoms in total. The van der Waals surface area contributed by atoms with E-state index in [1.807, 2.05) is 40.8 Å². The van der Waals surface area contributed by atoms with Crippen molar-refractivity contribution in [2.45, 2.75) is 58.5 Å². The Morgan fingerprint density at radius 3 is 2.53 bits per heavy atom. The number of carbonyl (C=O) groups is 2. The second-order valence-electron chi connectivity index (χ2n) is 8.62. The van der Waals surface area contributed by atoms with Crippen LogP contribution in [0, 0.1) is 18.8 Å². The molecule has 1 saturated carbocycles. The molecule has 1 amide bonds. The molecular weight excluding hydrogens is 402 g/mol. The molecule has 2 aromatic rings. The van der Waals surface area contributed by atoms with Crippen LogP contribution in [0.5, 0.6) is 0 Å². The predicted octanol–water partition coefficient (Wildman–Crippen LogP) is 4.06. The third-order valence-corrected chi connectivity index (χ3v) is 6.85. The van der Waals surface area contributed by atoms with Crippen molar-refractivity contribution in [3.05, 3.63) is 51.8 Å². The molecule has 4 rings (SSSR count). The van der Waals surface area contributed by atoms with Crippen molar-refractivity contribution in [3.8, 4) is 0 Å². The SMILES string of the molecule is Cc1nn(Cc2ccc(Cl)cc2)c2c1CCN(C(=O)C[C@H]1CC[C@@H](C(=O)O)CC1)C2. The van der Waals surface area contributed by atoms with Gasteiger partial charge in [0.2, 0.25) is 5.91 Å². The number of halogens is 1. The lowest BCUT2D eigenvalue weighted by molar-refractivity contribution is -0.143. The molecule has 160 valence electrons. The molecule has 1 aliphatic carbocycles. The molecule has 1 fully saturated rings. The Bertz CT molecular complexity index is 930. The van der Waals surface area contributed by atoms with Crippen molar-refractivity contribution in [1.82, 2.24) is 14.7 Å². The number of carboxylic acids is 1. The Labute approximate surface area is 181 Å². The van der Waals surface area contributed by atoms with E-state index < -0.39 is 5.97 Å². The van der Waals surface area contributed by atoms with Gasteiger partial charge in [-0.25, -0.2) is 0 Å². The first-order valence-electron chi connectivity index (χ1n) is 10.7. The molecule has 0 radical (unpaired) electrons. The van der Waals surface area contributed by atoms with Crippen LogP contribution in [0.4, 0.5) is 0 Å². The summed E-state index contributed by atoms with van der Waals surface area (Å²) < 4.78 is 2.02. The summed E-state index contributed by atoms with van der Waals surface area (Å²) in [5.74, 6) is -0.460. The Morgan fingerprint density at radius 2 is 1.87 bits per heavy atom. The van der Waals surface area contributed by atoms with Gasteiger partial charge in [-0.05, 0) is 68.2 Å². The molecule has 1 N–H and O–H groups in total. The number of benzene rings is 1. The first kappa shape index (κ1) is 20.9. The molecule has 2 heterocycles. The van der Waals surface area contributed by atoms with Gasteiger partial charge in [0, 0.05) is 18.0 Å². The fourth-order valence-electron chi connectivity index (χ4n) is 4.77. The number of carbonyl (C=O) groups excluding carboxylic acids is 1. The number of fused-ring (bicyclic) bond motifs is 1. The van der Waals surface area contributed by atoms with E-state index in [0.29, 0.717) is 43.3 Å². The summed E-state index contributed by atoms with van der Waals surface area (Å²) in [7, 11) is 0. The number of hydrogen-bond donors (Lipinski definition) is 1. The molecule has 7 heteroatoms. The second kappa shape index (κ2) is 8.80. The minimum absolute atomic E-state index is 0.177. The van der Waals surface area contributed by atoms with Gasteiger partial charge in [0.1, 0.15) is 0 Å². The number of nitrogens with zero attached hydrogens (tertiary/aromatic N) is 3. The standard InChI is InChI=1S/C23H28ClN3O3/c1-15-20-10-11-26(22(28)12-16-2-6-18(7-3-16)23(29)30)14-21(20)27(25-15)13-17-4-8-19(24)9-5-17/h4-5,8-9,16,18H,2-3,6-7,10-14H2,1H3,(H,29,30)/t16-,18+. The van der Waals surface area contributed by atoms with Crippen LogP contribution in [-0.2, 0) is 29.1 Å². The number of aliphatic carboxylic acids is 1. The zero-order valence-electron chi connectivity index (χ0n) is 17.3. The smallest absolute Gasteiger partial charge is 0.306 e. The fraction of sp³-hybridized carbons (Fsp3) is 0.522. The summed E-state index contributed by atoms with van der Waals surface area (Å²) in [6, 6.07) is 7.78. The van der Waals surface area contributed by atoms with Crippen molar-refractivity contribution in [1.29, 1.82) is 0 Å². The zero-order valence-corrected chi connectivity index (χ0v) is 18.1. The van der Waals surface area contributed by atoms with Crippen LogP contribution < -0.4 is 0 Å². The maximum Gasteiger partial charge on any atom is 0.306 e. The van der Waals surface area contributed by atoms with Gasteiger partial charge < -0.3 is 10.0 Å². The van der Waals surface area contributed by atoms with Crippen LogP contribution in [0.2, 0.25) is 5.02 Å². The van der Waals surface area contributed by atoms with Gasteiger partial charge in [-0.15, -0.1) is 0 Å². The lowest BCUT2D eigenvalue weighted by atomic mass is 9.80. The van der Waals surface area contributed by atoms with Gasteiger partial charge in [-0.2, -0.15) is 5.10 Å². The van der Waals surface area contributed by atoms with Crippen LogP contribution >= 0.6 is 11.6 Å². The average Bonchev–Trinajstić information content (AvgIpc) is 3.05. The lowest BCUT2D eigenvalue weighted by Gasteiger charge is -2.31. The largest absolute Gasteiger partial charge is 0.481 e. The molecule has 0 saturated heterocycles. The summed E-state index contributed by atoms with van der Waals surface area (Å²) in [5.41, 5.74) is 4.55. The molecular formula is C23H28ClN3O3. The van der Waals surface area contributed by atoms with Crippen molar-refractivity contribution >= 4 is 23.5 Å². The van der Waals surface area contributed by atoms with Crippen molar-refractivity contribution in [2.24, 2.45) is 11.8 Å². The van der Waals surface area contributed by atoms with Crippen molar-refractivity contribution < 1.29 is 14.7 Å². The van der Waals surface area contributed by atoms with E-state index in [-0.39, 0.29) is 11.8 Å². The van der Waals surface area contributed by atoms with Gasteiger partial charge in [-0.1, -0.05) is 23.7 Å². The number of hydrogen-bond acceptors (Lipinski definition) is 3. The number of rotatable bonds is 5. The molecule has 0 atom stereocenters. The highest BCUT2D eigenvalue weighted by Crippen LogP contribution is 2.32. The van der Waals surface area contributed by atoms with E-state index in [0.717, 1.165) is 42.8 Å². The normalized spacial score (nSPS) is 21.3. The monoisotopic (exact) mass is 429 g/mol. The van der Waals surface area contributed by atoms with E-state index in [1.54, 1.807) is 0 Å². The molecule has 0 spiro atoms. The van der Waals surface area contributed by atoms with Gasteiger partial charge in [0.25, 0.3) is 0 Å². The molecule has 1 aliphatic heterocycles. The number of aryl methyl sites for hydroxylation is 1. The lowest BCUT2D eigenvalue weighted by Crippen LogP contribution is -2.38. The first-order valence-corrected chi connectivity index (χ1v) is 11.1. The average molecular weight is 430 g/mol. The van der Waals surface area contributed by atoms with Gasteiger partial charge >= 0.3 is 5.97 Å². The van der Waals surface area contributed by atoms with E-state index in [1.165, 1.54) is 5.56 Å². The van der Waals surface area contributed by atoms with E-state index >= 15 is 0 Å². The molecule has 0 unspecified atom stereocenters. The van der Waals surface area contributed by atoms with Gasteiger partial charge in [0.05, 0.1) is 30.4 Å². The van der Waals surface area contributed by atoms with Crippen molar-refractivity contribution in [3.63, 3.8) is 0 Å². The number of amides is 1. The Balaban J connectivity index is 1.41. The minimum atomic E-state index is -0.701. The Hall–Kier alpha value is -2.34. The first-order chi connectivity index (χ1) is 14.4. The third-order valence-electron chi connectivity index (χ3n) is 6.60. The zero-order chi connectivity index (χ0) is 21.3. The highest BCUT2D eigenvalue weighted by Gasteiger charge is 2.30. The predicted molar refractivity (Wildman–Crippen MR) is 114 cm³/mol. The molecule has 0 bridgehead atoms. The highest BCUT2D eigenvalue weighted by molar-refractivity contribution is 6.30. The molecule has 2 aliphatic rings. The molecule has 30 heavy (non-hydrogen) atoms. The summed E-state index contributed by atoms with van der Waals surface area (Å²) >= 11 is 6.00. The summed E-state index contributed by atoms with van der Waals surface area (Å²) in [5, 5.41) is 14.6. The van der Waals surface area contributed by atoms with E-state index in [4.69, 9.17) is 21.8 Å². The van der Waals surface area contributed by atoms with Gasteiger partial charge in [-0.3, -0.25) is 14.3 Å². The Kier molecular flexibility index (Phi) is 6.14. The van der Waals surface area contributed by atoms with Crippen molar-refractivity contribution in [2.75, 3.05) is 6.54 Å². The van der Waals surface area contributed by atoms with Crippen LogP contribution in [-0.4, -0.2) is 38.2 Å². The van der Waals surface area contributed by atoms with Crippen LogP contribution in [0.25, 0.3) is 0 Å². The summed E-state index contributed by atoms with van der Waals surface area (Å²) in [6.45, 7) is 4.01. The maximum atomic E-state index is 13.0. The van der Waals surface area contributed by atoms with Gasteiger partial charge in [0.15, 0.2) is 0 Å². The highest BCUT2D eigenvalue weighted by atomic mass is 35.5. The minimum Gasteiger partial charge on any atom is -0.481 e. The summed E-state index contributed by atoms with van der Waals surface area (Å²) in [4.78, 5) is 26.1. The maximum absolute atomic E-state index is 13.0. The molecule has 1 aromatic carbocycles. The quantitative estimate of drug-likeness (QED) is 0.777. The van der Waals surface area contributed by atoms with Crippen LogP contribution in [0.1, 0.15) is 54.6 Å². The molecule has 1 aromatic heterocycles. The second-order valence-corrected chi connectivity index (χ2v) is 9.06. The van der Waals surface area contributed by atoms with Crippen LogP contribution in [0.15, 0.2) is 24.3 Å². The third kappa shape index (κ3) is 4.53. The topological polar surface area (TPSA) is 75.4 Å².